The van der Waals surface area contributed by atoms with Gasteiger partial charge in [-0.25, -0.2) is 0 Å². The molecule has 1 rings (SSSR count). The molecular weight excluding hydrogens is 250 g/mol. The smallest absolute Gasteiger partial charge is 0.322 e. The fraction of sp³-hybridized carbons (Fsp3) is 0.500. The normalized spacial score (nSPS) is 15.1. The molecule has 0 saturated carbocycles. The van der Waals surface area contributed by atoms with Crippen LogP contribution in [0.2, 0.25) is 0 Å². The first-order valence-electron chi connectivity index (χ1n) is 4.16. The van der Waals surface area contributed by atoms with Crippen LogP contribution in [0.4, 0.5) is 0 Å². The quantitative estimate of drug-likeness (QED) is 0.845. The minimum Gasteiger partial charge on any atom is -0.480 e. The Morgan fingerprint density at radius 2 is 2.43 bits per heavy atom. The molecule has 0 aromatic carbocycles. The highest BCUT2D eigenvalue weighted by atomic mass is 79.9. The molecule has 2 N–H and O–H groups in total. The Balaban J connectivity index is 2.82. The van der Waals surface area contributed by atoms with Crippen LogP contribution in [0.3, 0.4) is 0 Å². The summed E-state index contributed by atoms with van der Waals surface area (Å²) < 4.78 is 2.45. The highest BCUT2D eigenvalue weighted by Gasteiger charge is 2.24. The summed E-state index contributed by atoms with van der Waals surface area (Å²) in [6.07, 6.45) is 3.38. The number of aliphatic carboxylic acids is 1. The van der Waals surface area contributed by atoms with E-state index in [2.05, 4.69) is 26.3 Å². The predicted molar refractivity (Wildman–Crippen MR) is 55.1 cm³/mol. The summed E-state index contributed by atoms with van der Waals surface area (Å²) in [5.41, 5.74) is 0. The van der Waals surface area contributed by atoms with Crippen LogP contribution in [-0.2, 0) is 4.79 Å². The minimum absolute atomic E-state index is 0.233. The fourth-order valence-corrected chi connectivity index (χ4v) is 1.56. The maximum absolute atomic E-state index is 10.8. The Kier molecular flexibility index (Phi) is 3.65. The van der Waals surface area contributed by atoms with Crippen molar-refractivity contribution in [3.05, 3.63) is 16.9 Å². The van der Waals surface area contributed by atoms with Gasteiger partial charge in [-0.05, 0) is 29.9 Å². The third-order valence-electron chi connectivity index (χ3n) is 2.05. The second-order valence-electron chi connectivity index (χ2n) is 2.98. The van der Waals surface area contributed by atoms with E-state index in [1.54, 1.807) is 31.0 Å². The molecule has 14 heavy (non-hydrogen) atoms. The van der Waals surface area contributed by atoms with Gasteiger partial charge in [0.25, 0.3) is 0 Å². The molecule has 1 heterocycles. The number of rotatable bonds is 4. The first-order chi connectivity index (χ1) is 6.56. The molecule has 0 aliphatic heterocycles. The Morgan fingerprint density at radius 1 is 1.79 bits per heavy atom. The zero-order valence-electron chi connectivity index (χ0n) is 7.94. The minimum atomic E-state index is -0.883. The van der Waals surface area contributed by atoms with Gasteiger partial charge in [0.1, 0.15) is 6.04 Å². The summed E-state index contributed by atoms with van der Waals surface area (Å²) in [5.74, 6) is -0.883. The monoisotopic (exact) mass is 261 g/mol. The Morgan fingerprint density at radius 3 is 2.79 bits per heavy atom. The zero-order chi connectivity index (χ0) is 10.7. The summed E-state index contributed by atoms with van der Waals surface area (Å²) in [7, 11) is 1.62. The van der Waals surface area contributed by atoms with Crippen LogP contribution in [0.1, 0.15) is 13.0 Å². The van der Waals surface area contributed by atoms with Crippen molar-refractivity contribution in [3.8, 4) is 0 Å². The molecule has 0 fully saturated rings. The molecule has 2 atom stereocenters. The third kappa shape index (κ3) is 2.33. The van der Waals surface area contributed by atoms with E-state index in [0.29, 0.717) is 0 Å². The number of hydrogen-bond donors (Lipinski definition) is 2. The molecule has 2 unspecified atom stereocenters. The summed E-state index contributed by atoms with van der Waals surface area (Å²) in [4.78, 5) is 10.8. The van der Waals surface area contributed by atoms with E-state index in [-0.39, 0.29) is 6.04 Å². The summed E-state index contributed by atoms with van der Waals surface area (Å²) >= 11 is 3.26. The lowest BCUT2D eigenvalue weighted by molar-refractivity contribution is -0.140. The first-order valence-corrected chi connectivity index (χ1v) is 4.95. The maximum Gasteiger partial charge on any atom is 0.322 e. The van der Waals surface area contributed by atoms with Crippen LogP contribution in [0.25, 0.3) is 0 Å². The fourth-order valence-electron chi connectivity index (χ4n) is 1.26. The SMILES string of the molecule is CNC(C(=O)O)C(C)n1cc(Br)cn1. The average molecular weight is 262 g/mol. The van der Waals surface area contributed by atoms with Crippen LogP contribution in [0.5, 0.6) is 0 Å². The van der Waals surface area contributed by atoms with Gasteiger partial charge in [0.2, 0.25) is 0 Å². The second kappa shape index (κ2) is 4.56. The van der Waals surface area contributed by atoms with Crippen molar-refractivity contribution in [2.24, 2.45) is 0 Å². The Bertz CT molecular complexity index is 326. The number of hydrogen-bond acceptors (Lipinski definition) is 3. The van der Waals surface area contributed by atoms with E-state index in [4.69, 9.17) is 5.11 Å². The van der Waals surface area contributed by atoms with Crippen molar-refractivity contribution in [1.29, 1.82) is 0 Å². The average Bonchev–Trinajstić information content (AvgIpc) is 2.52. The first kappa shape index (κ1) is 11.2. The molecular formula is C8H12BrN3O2. The van der Waals surface area contributed by atoms with Crippen molar-refractivity contribution in [2.45, 2.75) is 19.0 Å². The van der Waals surface area contributed by atoms with Gasteiger partial charge in [-0.1, -0.05) is 0 Å². The molecule has 0 radical (unpaired) electrons. The van der Waals surface area contributed by atoms with E-state index in [9.17, 15) is 4.79 Å². The van der Waals surface area contributed by atoms with E-state index in [1.807, 2.05) is 0 Å². The Labute approximate surface area is 90.2 Å². The number of carbonyl (C=O) groups is 1. The summed E-state index contributed by atoms with van der Waals surface area (Å²) in [6.45, 7) is 1.80. The Hall–Kier alpha value is -0.880. The van der Waals surface area contributed by atoms with Gasteiger partial charge in [0, 0.05) is 6.20 Å². The van der Waals surface area contributed by atoms with Gasteiger partial charge in [-0.15, -0.1) is 0 Å². The van der Waals surface area contributed by atoms with Gasteiger partial charge in [-0.3, -0.25) is 9.48 Å². The van der Waals surface area contributed by atoms with Crippen LogP contribution >= 0.6 is 15.9 Å². The zero-order valence-corrected chi connectivity index (χ0v) is 9.52. The third-order valence-corrected chi connectivity index (χ3v) is 2.46. The molecule has 0 spiro atoms. The topological polar surface area (TPSA) is 67.2 Å². The molecule has 1 aromatic rings. The number of carboxylic acid groups (broad SMARTS) is 1. The van der Waals surface area contributed by atoms with Gasteiger partial charge in [-0.2, -0.15) is 5.10 Å². The summed E-state index contributed by atoms with van der Waals surface area (Å²) in [6, 6.07) is -0.870. The molecule has 0 amide bonds. The molecule has 0 aliphatic carbocycles. The van der Waals surface area contributed by atoms with E-state index in [0.717, 1.165) is 4.47 Å². The lowest BCUT2D eigenvalue weighted by atomic mass is 10.1. The van der Waals surface area contributed by atoms with Gasteiger partial charge in [0.15, 0.2) is 0 Å². The highest BCUT2D eigenvalue weighted by Crippen LogP contribution is 2.14. The number of carboxylic acids is 1. The number of aromatic nitrogens is 2. The van der Waals surface area contributed by atoms with Gasteiger partial charge in [0.05, 0.1) is 16.7 Å². The van der Waals surface area contributed by atoms with E-state index < -0.39 is 12.0 Å². The van der Waals surface area contributed by atoms with Crippen molar-refractivity contribution in [1.82, 2.24) is 15.1 Å². The predicted octanol–water partition coefficient (Wildman–Crippen LogP) is 0.879. The van der Waals surface area contributed by atoms with Crippen molar-refractivity contribution in [3.63, 3.8) is 0 Å². The summed E-state index contributed by atoms with van der Waals surface area (Å²) in [5, 5.41) is 15.7. The highest BCUT2D eigenvalue weighted by molar-refractivity contribution is 9.10. The van der Waals surface area contributed by atoms with Crippen LogP contribution in [0, 0.1) is 0 Å². The second-order valence-corrected chi connectivity index (χ2v) is 3.90. The van der Waals surface area contributed by atoms with Crippen molar-refractivity contribution < 1.29 is 9.90 Å². The van der Waals surface area contributed by atoms with Crippen LogP contribution in [-0.4, -0.2) is 33.9 Å². The number of halogens is 1. The number of likely N-dealkylation sites (N-methyl/N-ethyl adjacent to an activating group) is 1. The molecule has 5 nitrogen and oxygen atoms in total. The largest absolute Gasteiger partial charge is 0.480 e. The number of nitrogens with zero attached hydrogens (tertiary/aromatic N) is 2. The lowest BCUT2D eigenvalue weighted by Gasteiger charge is -2.19. The molecule has 0 saturated heterocycles. The van der Waals surface area contributed by atoms with Crippen molar-refractivity contribution in [2.75, 3.05) is 7.05 Å². The van der Waals surface area contributed by atoms with Crippen molar-refractivity contribution >= 4 is 21.9 Å². The number of nitrogens with one attached hydrogen (secondary N) is 1. The molecule has 6 heteroatoms. The van der Waals surface area contributed by atoms with E-state index >= 15 is 0 Å². The molecule has 78 valence electrons. The molecule has 0 bridgehead atoms. The lowest BCUT2D eigenvalue weighted by Crippen LogP contribution is -2.40. The maximum atomic E-state index is 10.8. The molecule has 1 aromatic heterocycles. The van der Waals surface area contributed by atoms with Crippen LogP contribution in [0.15, 0.2) is 16.9 Å². The van der Waals surface area contributed by atoms with E-state index in [1.165, 1.54) is 0 Å². The molecule has 0 aliphatic rings. The van der Waals surface area contributed by atoms with Gasteiger partial charge >= 0.3 is 5.97 Å². The standard InChI is InChI=1S/C8H12BrN3O2/c1-5(7(10-2)8(13)14)12-4-6(9)3-11-12/h3-5,7,10H,1-2H3,(H,13,14). The van der Waals surface area contributed by atoms with Gasteiger partial charge < -0.3 is 10.4 Å². The van der Waals surface area contributed by atoms with Crippen LogP contribution < -0.4 is 5.32 Å².